The van der Waals surface area contributed by atoms with Crippen LogP contribution < -0.4 is 10.1 Å². The summed E-state index contributed by atoms with van der Waals surface area (Å²) >= 11 is 0. The third-order valence-corrected chi connectivity index (χ3v) is 3.56. The van der Waals surface area contributed by atoms with Gasteiger partial charge in [-0.3, -0.25) is 0 Å². The SMILES string of the molecule is COc1c(CNCC2CCOCC2)c(C)nn1C. The van der Waals surface area contributed by atoms with Crippen molar-refractivity contribution in [3.63, 3.8) is 0 Å². The highest BCUT2D eigenvalue weighted by molar-refractivity contribution is 5.30. The summed E-state index contributed by atoms with van der Waals surface area (Å²) in [6.45, 7) is 5.69. The minimum Gasteiger partial charge on any atom is -0.481 e. The predicted molar refractivity (Wildman–Crippen MR) is 69.7 cm³/mol. The maximum Gasteiger partial charge on any atom is 0.216 e. The average molecular weight is 253 g/mol. The van der Waals surface area contributed by atoms with Gasteiger partial charge in [0.25, 0.3) is 0 Å². The third-order valence-electron chi connectivity index (χ3n) is 3.56. The number of hydrogen-bond acceptors (Lipinski definition) is 4. The van der Waals surface area contributed by atoms with E-state index < -0.39 is 0 Å². The van der Waals surface area contributed by atoms with E-state index in [9.17, 15) is 0 Å². The Morgan fingerprint density at radius 1 is 1.44 bits per heavy atom. The number of nitrogens with zero attached hydrogens (tertiary/aromatic N) is 2. The third kappa shape index (κ3) is 3.03. The fourth-order valence-corrected chi connectivity index (χ4v) is 2.49. The van der Waals surface area contributed by atoms with E-state index in [2.05, 4.69) is 10.4 Å². The molecule has 0 saturated carbocycles. The van der Waals surface area contributed by atoms with Gasteiger partial charge in [-0.1, -0.05) is 0 Å². The lowest BCUT2D eigenvalue weighted by Gasteiger charge is -2.22. The van der Waals surface area contributed by atoms with Crippen LogP contribution in [0.5, 0.6) is 5.88 Å². The zero-order chi connectivity index (χ0) is 13.0. The van der Waals surface area contributed by atoms with Crippen molar-refractivity contribution in [2.75, 3.05) is 26.9 Å². The minimum atomic E-state index is 0.738. The van der Waals surface area contributed by atoms with Gasteiger partial charge >= 0.3 is 0 Å². The molecule has 2 heterocycles. The van der Waals surface area contributed by atoms with Gasteiger partial charge in [-0.2, -0.15) is 5.10 Å². The Hall–Kier alpha value is -1.07. The second kappa shape index (κ2) is 6.20. The van der Waals surface area contributed by atoms with Crippen molar-refractivity contribution in [2.45, 2.75) is 26.3 Å². The van der Waals surface area contributed by atoms with Gasteiger partial charge in [-0.25, -0.2) is 4.68 Å². The molecule has 1 aliphatic heterocycles. The Balaban J connectivity index is 1.85. The van der Waals surface area contributed by atoms with Crippen molar-refractivity contribution in [1.82, 2.24) is 15.1 Å². The topological polar surface area (TPSA) is 48.3 Å². The number of rotatable bonds is 5. The summed E-state index contributed by atoms with van der Waals surface area (Å²) < 4.78 is 12.5. The Kier molecular flexibility index (Phi) is 4.60. The molecular weight excluding hydrogens is 230 g/mol. The van der Waals surface area contributed by atoms with Gasteiger partial charge in [0.15, 0.2) is 0 Å². The van der Waals surface area contributed by atoms with Crippen LogP contribution in [0.4, 0.5) is 0 Å². The number of ether oxygens (including phenoxy) is 2. The Morgan fingerprint density at radius 3 is 2.83 bits per heavy atom. The van der Waals surface area contributed by atoms with E-state index in [4.69, 9.17) is 9.47 Å². The molecule has 18 heavy (non-hydrogen) atoms. The molecule has 1 N–H and O–H groups in total. The van der Waals surface area contributed by atoms with E-state index in [0.717, 1.165) is 62.2 Å². The summed E-state index contributed by atoms with van der Waals surface area (Å²) in [6.07, 6.45) is 2.33. The summed E-state index contributed by atoms with van der Waals surface area (Å²) in [5.74, 6) is 1.59. The zero-order valence-electron chi connectivity index (χ0n) is 11.5. The van der Waals surface area contributed by atoms with E-state index in [1.165, 1.54) is 0 Å². The average Bonchev–Trinajstić information content (AvgIpc) is 2.65. The van der Waals surface area contributed by atoms with E-state index in [1.54, 1.807) is 11.8 Å². The molecule has 0 aliphatic carbocycles. The first-order valence-electron chi connectivity index (χ1n) is 6.57. The van der Waals surface area contributed by atoms with Crippen molar-refractivity contribution in [2.24, 2.45) is 13.0 Å². The quantitative estimate of drug-likeness (QED) is 0.858. The van der Waals surface area contributed by atoms with Crippen molar-refractivity contribution in [1.29, 1.82) is 0 Å². The van der Waals surface area contributed by atoms with E-state index in [1.807, 2.05) is 14.0 Å². The van der Waals surface area contributed by atoms with Crippen LogP contribution in [0.25, 0.3) is 0 Å². The smallest absolute Gasteiger partial charge is 0.216 e. The minimum absolute atomic E-state index is 0.738. The summed E-state index contributed by atoms with van der Waals surface area (Å²) in [5, 5.41) is 7.89. The largest absolute Gasteiger partial charge is 0.481 e. The molecule has 0 amide bonds. The van der Waals surface area contributed by atoms with Gasteiger partial charge in [0.1, 0.15) is 0 Å². The highest BCUT2D eigenvalue weighted by atomic mass is 16.5. The molecule has 0 radical (unpaired) electrons. The second-order valence-electron chi connectivity index (χ2n) is 4.88. The molecule has 0 atom stereocenters. The van der Waals surface area contributed by atoms with Crippen molar-refractivity contribution < 1.29 is 9.47 Å². The highest BCUT2D eigenvalue weighted by Gasteiger charge is 2.16. The van der Waals surface area contributed by atoms with Crippen molar-refractivity contribution in [3.8, 4) is 5.88 Å². The fourth-order valence-electron chi connectivity index (χ4n) is 2.49. The second-order valence-corrected chi connectivity index (χ2v) is 4.88. The normalized spacial score (nSPS) is 17.1. The van der Waals surface area contributed by atoms with Crippen LogP contribution in [-0.4, -0.2) is 36.6 Å². The van der Waals surface area contributed by atoms with Crippen molar-refractivity contribution in [3.05, 3.63) is 11.3 Å². The first kappa shape index (κ1) is 13.4. The van der Waals surface area contributed by atoms with E-state index >= 15 is 0 Å². The molecule has 1 aromatic heterocycles. The van der Waals surface area contributed by atoms with Crippen LogP contribution in [-0.2, 0) is 18.3 Å². The summed E-state index contributed by atoms with van der Waals surface area (Å²) in [7, 11) is 3.60. The standard InChI is InChI=1S/C13H23N3O2/c1-10-12(13(17-3)16(2)15-10)9-14-8-11-4-6-18-7-5-11/h11,14H,4-9H2,1-3H3. The lowest BCUT2D eigenvalue weighted by atomic mass is 10.0. The molecular formula is C13H23N3O2. The Morgan fingerprint density at radius 2 is 2.17 bits per heavy atom. The predicted octanol–water partition coefficient (Wildman–Crippen LogP) is 1.25. The Bertz CT molecular complexity index is 384. The summed E-state index contributed by atoms with van der Waals surface area (Å²) in [6, 6.07) is 0. The fraction of sp³-hybridized carbons (Fsp3) is 0.769. The van der Waals surface area contributed by atoms with Crippen molar-refractivity contribution >= 4 is 0 Å². The lowest BCUT2D eigenvalue weighted by Crippen LogP contribution is -2.27. The number of nitrogens with one attached hydrogen (secondary N) is 1. The molecule has 0 spiro atoms. The molecule has 1 aliphatic rings. The van der Waals surface area contributed by atoms with Crippen LogP contribution in [0.3, 0.4) is 0 Å². The lowest BCUT2D eigenvalue weighted by molar-refractivity contribution is 0.0662. The Labute approximate surface area is 108 Å². The van der Waals surface area contributed by atoms with E-state index in [0.29, 0.717) is 0 Å². The molecule has 2 rings (SSSR count). The van der Waals surface area contributed by atoms with Crippen LogP contribution >= 0.6 is 0 Å². The first-order valence-corrected chi connectivity index (χ1v) is 6.57. The number of methoxy groups -OCH3 is 1. The van der Waals surface area contributed by atoms with Gasteiger partial charge in [-0.05, 0) is 32.2 Å². The molecule has 5 heteroatoms. The molecule has 0 aromatic carbocycles. The van der Waals surface area contributed by atoms with E-state index in [-0.39, 0.29) is 0 Å². The monoisotopic (exact) mass is 253 g/mol. The summed E-state index contributed by atoms with van der Waals surface area (Å²) in [4.78, 5) is 0. The number of hydrogen-bond donors (Lipinski definition) is 1. The van der Waals surface area contributed by atoms with Gasteiger partial charge in [0.05, 0.1) is 18.4 Å². The summed E-state index contributed by atoms with van der Waals surface area (Å²) in [5.41, 5.74) is 2.20. The molecule has 5 nitrogen and oxygen atoms in total. The van der Waals surface area contributed by atoms with Crippen LogP contribution in [0, 0.1) is 12.8 Å². The molecule has 102 valence electrons. The first-order chi connectivity index (χ1) is 8.72. The highest BCUT2D eigenvalue weighted by Crippen LogP contribution is 2.21. The zero-order valence-corrected chi connectivity index (χ0v) is 11.5. The van der Waals surface area contributed by atoms with Crippen LogP contribution in [0.2, 0.25) is 0 Å². The molecule has 1 fully saturated rings. The van der Waals surface area contributed by atoms with Gasteiger partial charge in [-0.15, -0.1) is 0 Å². The van der Waals surface area contributed by atoms with Crippen LogP contribution in [0.15, 0.2) is 0 Å². The molecule has 1 saturated heterocycles. The van der Waals surface area contributed by atoms with Crippen LogP contribution in [0.1, 0.15) is 24.1 Å². The van der Waals surface area contributed by atoms with Gasteiger partial charge in [0.2, 0.25) is 5.88 Å². The molecule has 0 bridgehead atoms. The molecule has 1 aromatic rings. The number of aryl methyl sites for hydroxylation is 2. The maximum absolute atomic E-state index is 5.38. The van der Waals surface area contributed by atoms with Gasteiger partial charge < -0.3 is 14.8 Å². The van der Waals surface area contributed by atoms with Gasteiger partial charge in [0, 0.05) is 26.8 Å². The number of aromatic nitrogens is 2. The maximum atomic E-state index is 5.38. The molecule has 0 unspecified atom stereocenters.